The van der Waals surface area contributed by atoms with Crippen LogP contribution in [-0.4, -0.2) is 17.4 Å². The fourth-order valence-corrected chi connectivity index (χ4v) is 1.47. The number of allylic oxidation sites excluding steroid dienone is 1. The number of hydrogen-bond donors (Lipinski definition) is 2. The van der Waals surface area contributed by atoms with Crippen LogP contribution >= 0.6 is 12.8 Å². The Balaban J connectivity index is 2.60. The predicted octanol–water partition coefficient (Wildman–Crippen LogP) is 2.59. The topological polar surface area (TPSA) is 41.6 Å². The van der Waals surface area contributed by atoms with Crippen LogP contribution in [0.15, 0.2) is 36.5 Å². The number of amides is 2. The highest BCUT2D eigenvalue weighted by atomic mass is 32.1. The van der Waals surface area contributed by atoms with Gasteiger partial charge in [0.1, 0.15) is 5.75 Å². The summed E-state index contributed by atoms with van der Waals surface area (Å²) in [5.74, 6) is 0.762. The number of nitrogens with zero attached hydrogens (tertiary/aromatic N) is 1. The lowest BCUT2D eigenvalue weighted by Crippen LogP contribution is -2.30. The molecule has 5 heteroatoms. The summed E-state index contributed by atoms with van der Waals surface area (Å²) in [4.78, 5) is 11.5. The Labute approximate surface area is 107 Å². The molecule has 92 valence electrons. The maximum absolute atomic E-state index is 11.5. The van der Waals surface area contributed by atoms with Crippen LogP contribution < -0.4 is 10.1 Å². The van der Waals surface area contributed by atoms with Crippen molar-refractivity contribution >= 4 is 18.8 Å². The summed E-state index contributed by atoms with van der Waals surface area (Å²) >= 11 is 4.12. The van der Waals surface area contributed by atoms with Gasteiger partial charge in [-0.3, -0.25) is 4.31 Å². The monoisotopic (exact) mass is 252 g/mol. The van der Waals surface area contributed by atoms with Crippen molar-refractivity contribution in [1.82, 2.24) is 9.62 Å². The number of carbonyl (C=O) groups excluding carboxylic acids is 1. The number of hydrogen-bond acceptors (Lipinski definition) is 3. The molecular formula is C12H16N2O2S. The average molecular weight is 252 g/mol. The van der Waals surface area contributed by atoms with E-state index in [0.717, 1.165) is 11.3 Å². The van der Waals surface area contributed by atoms with Gasteiger partial charge in [-0.15, -0.1) is 0 Å². The van der Waals surface area contributed by atoms with Crippen molar-refractivity contribution < 1.29 is 9.53 Å². The van der Waals surface area contributed by atoms with Crippen molar-refractivity contribution in [3.8, 4) is 5.75 Å². The van der Waals surface area contributed by atoms with Crippen LogP contribution in [0.2, 0.25) is 0 Å². The van der Waals surface area contributed by atoms with E-state index < -0.39 is 0 Å². The second kappa shape index (κ2) is 6.85. The number of ether oxygens (including phenoxy) is 1. The van der Waals surface area contributed by atoms with Crippen LogP contribution in [0.4, 0.5) is 4.79 Å². The molecule has 1 aromatic rings. The number of rotatable bonds is 4. The molecule has 0 saturated carbocycles. The molecule has 0 atom stereocenters. The van der Waals surface area contributed by atoms with Gasteiger partial charge < -0.3 is 10.1 Å². The molecule has 0 aromatic heterocycles. The van der Waals surface area contributed by atoms with Crippen LogP contribution in [0.1, 0.15) is 12.5 Å². The lowest BCUT2D eigenvalue weighted by atomic mass is 10.2. The van der Waals surface area contributed by atoms with Gasteiger partial charge in [-0.1, -0.05) is 31.0 Å². The Morgan fingerprint density at radius 1 is 1.59 bits per heavy atom. The van der Waals surface area contributed by atoms with E-state index in [9.17, 15) is 4.79 Å². The Bertz CT molecular complexity index is 407. The van der Waals surface area contributed by atoms with Gasteiger partial charge in [0.15, 0.2) is 0 Å². The first kappa shape index (κ1) is 13.4. The molecule has 0 fully saturated rings. The summed E-state index contributed by atoms with van der Waals surface area (Å²) in [6, 6.07) is 7.24. The van der Waals surface area contributed by atoms with Gasteiger partial charge in [0, 0.05) is 6.20 Å². The van der Waals surface area contributed by atoms with E-state index >= 15 is 0 Å². The number of thiol groups is 1. The van der Waals surface area contributed by atoms with E-state index in [1.165, 1.54) is 4.31 Å². The minimum Gasteiger partial charge on any atom is -0.497 e. The quantitative estimate of drug-likeness (QED) is 0.809. The molecule has 0 radical (unpaired) electrons. The summed E-state index contributed by atoms with van der Waals surface area (Å²) in [5, 5.41) is 2.58. The highest BCUT2D eigenvalue weighted by Gasteiger charge is 2.08. The molecule has 1 N–H and O–H groups in total. The Morgan fingerprint density at radius 2 is 2.35 bits per heavy atom. The zero-order chi connectivity index (χ0) is 12.7. The van der Waals surface area contributed by atoms with Crippen LogP contribution in [0.3, 0.4) is 0 Å². The molecule has 2 amide bonds. The van der Waals surface area contributed by atoms with E-state index in [0.29, 0.717) is 6.54 Å². The van der Waals surface area contributed by atoms with E-state index in [4.69, 9.17) is 4.74 Å². The fraction of sp³-hybridized carbons (Fsp3) is 0.250. The van der Waals surface area contributed by atoms with Gasteiger partial charge in [0.25, 0.3) is 0 Å². The molecule has 1 aromatic carbocycles. The zero-order valence-electron chi connectivity index (χ0n) is 9.88. The maximum Gasteiger partial charge on any atom is 0.331 e. The molecule has 0 saturated heterocycles. The third-order valence-corrected chi connectivity index (χ3v) is 2.40. The lowest BCUT2D eigenvalue weighted by molar-refractivity contribution is 0.229. The van der Waals surface area contributed by atoms with E-state index in [2.05, 4.69) is 18.1 Å². The molecule has 0 aliphatic heterocycles. The number of methoxy groups -OCH3 is 1. The summed E-state index contributed by atoms with van der Waals surface area (Å²) < 4.78 is 6.41. The molecule has 0 heterocycles. The van der Waals surface area contributed by atoms with Crippen molar-refractivity contribution in [2.75, 3.05) is 7.11 Å². The highest BCUT2D eigenvalue weighted by Crippen LogP contribution is 2.15. The molecule has 17 heavy (non-hydrogen) atoms. The van der Waals surface area contributed by atoms with Gasteiger partial charge in [-0.2, -0.15) is 0 Å². The fourth-order valence-electron chi connectivity index (χ4n) is 1.24. The Morgan fingerprint density at radius 3 is 3.00 bits per heavy atom. The van der Waals surface area contributed by atoms with Gasteiger partial charge in [0.05, 0.1) is 13.7 Å². The minimum atomic E-state index is -0.269. The Kier molecular flexibility index (Phi) is 5.42. The van der Waals surface area contributed by atoms with E-state index in [1.807, 2.05) is 31.2 Å². The third kappa shape index (κ3) is 4.40. The zero-order valence-corrected chi connectivity index (χ0v) is 10.8. The smallest absolute Gasteiger partial charge is 0.331 e. The van der Waals surface area contributed by atoms with Crippen LogP contribution in [-0.2, 0) is 6.54 Å². The lowest BCUT2D eigenvalue weighted by Gasteiger charge is -2.15. The number of urea groups is 1. The molecular weight excluding hydrogens is 236 g/mol. The second-order valence-corrected chi connectivity index (χ2v) is 3.84. The molecule has 0 spiro atoms. The summed E-state index contributed by atoms with van der Waals surface area (Å²) in [6.45, 7) is 2.23. The summed E-state index contributed by atoms with van der Waals surface area (Å²) in [5.41, 5.74) is 0.954. The SMILES string of the molecule is CC=CNC(=O)N(S)Cc1cccc(OC)c1. The van der Waals surface area contributed by atoms with Crippen molar-refractivity contribution in [2.24, 2.45) is 0 Å². The number of nitrogens with one attached hydrogen (secondary N) is 1. The standard InChI is InChI=1S/C12H16N2O2S/c1-3-7-13-12(15)14(17)9-10-5-4-6-11(8-10)16-2/h3-8,17H,9H2,1-2H3,(H,13,15). The molecule has 0 aliphatic rings. The van der Waals surface area contributed by atoms with Gasteiger partial charge in [-0.05, 0) is 24.6 Å². The van der Waals surface area contributed by atoms with Crippen LogP contribution in [0.25, 0.3) is 0 Å². The summed E-state index contributed by atoms with van der Waals surface area (Å²) in [6.07, 6.45) is 3.31. The molecule has 1 rings (SSSR count). The largest absolute Gasteiger partial charge is 0.497 e. The minimum absolute atomic E-state index is 0.269. The van der Waals surface area contributed by atoms with E-state index in [1.54, 1.807) is 19.4 Å². The van der Waals surface area contributed by atoms with Gasteiger partial charge in [0.2, 0.25) is 0 Å². The first-order valence-corrected chi connectivity index (χ1v) is 5.58. The van der Waals surface area contributed by atoms with Crippen molar-refractivity contribution in [3.05, 3.63) is 42.1 Å². The van der Waals surface area contributed by atoms with Crippen molar-refractivity contribution in [2.45, 2.75) is 13.5 Å². The first-order chi connectivity index (χ1) is 8.17. The molecule has 0 unspecified atom stereocenters. The average Bonchev–Trinajstić information content (AvgIpc) is 2.36. The Hall–Kier alpha value is -1.62. The second-order valence-electron chi connectivity index (χ2n) is 3.36. The predicted molar refractivity (Wildman–Crippen MR) is 70.9 cm³/mol. The maximum atomic E-state index is 11.5. The molecule has 0 bridgehead atoms. The van der Waals surface area contributed by atoms with Crippen molar-refractivity contribution in [3.63, 3.8) is 0 Å². The van der Waals surface area contributed by atoms with Crippen molar-refractivity contribution in [1.29, 1.82) is 0 Å². The highest BCUT2D eigenvalue weighted by molar-refractivity contribution is 7.78. The number of carbonyl (C=O) groups is 1. The summed E-state index contributed by atoms with van der Waals surface area (Å²) in [7, 11) is 1.61. The van der Waals surface area contributed by atoms with Crippen LogP contribution in [0.5, 0.6) is 5.75 Å². The number of benzene rings is 1. The molecule has 4 nitrogen and oxygen atoms in total. The van der Waals surface area contributed by atoms with E-state index in [-0.39, 0.29) is 6.03 Å². The normalized spacial score (nSPS) is 10.3. The molecule has 0 aliphatic carbocycles. The van der Waals surface area contributed by atoms with Gasteiger partial charge >= 0.3 is 6.03 Å². The van der Waals surface area contributed by atoms with Gasteiger partial charge in [-0.25, -0.2) is 4.79 Å². The third-order valence-electron chi connectivity index (χ3n) is 2.07. The van der Waals surface area contributed by atoms with Crippen LogP contribution in [0, 0.1) is 0 Å². The first-order valence-electron chi connectivity index (χ1n) is 5.18.